The number of halogens is 1. The average molecular weight is 292 g/mol. The van der Waals surface area contributed by atoms with E-state index in [2.05, 4.69) is 5.32 Å². The van der Waals surface area contributed by atoms with E-state index in [0.717, 1.165) is 5.56 Å². The SMILES string of the molecule is CC1(C)NC(=O)CN(CC2Cc3cc(F)ccc3O2)C1=O. The van der Waals surface area contributed by atoms with Crippen molar-refractivity contribution in [3.05, 3.63) is 29.6 Å². The third-order valence-corrected chi connectivity index (χ3v) is 3.80. The van der Waals surface area contributed by atoms with Crippen molar-refractivity contribution >= 4 is 11.8 Å². The number of piperazine rings is 1. The fourth-order valence-electron chi connectivity index (χ4n) is 2.87. The molecular weight excluding hydrogens is 275 g/mol. The molecule has 2 aliphatic heterocycles. The summed E-state index contributed by atoms with van der Waals surface area (Å²) in [4.78, 5) is 25.5. The van der Waals surface area contributed by atoms with Crippen LogP contribution in [-0.2, 0) is 16.0 Å². The second-order valence-corrected chi connectivity index (χ2v) is 6.05. The summed E-state index contributed by atoms with van der Waals surface area (Å²) in [7, 11) is 0. The van der Waals surface area contributed by atoms with Gasteiger partial charge in [-0.1, -0.05) is 0 Å². The molecule has 5 nitrogen and oxygen atoms in total. The Kier molecular flexibility index (Phi) is 3.11. The summed E-state index contributed by atoms with van der Waals surface area (Å²) in [6.07, 6.45) is 0.297. The Labute approximate surface area is 122 Å². The van der Waals surface area contributed by atoms with Crippen molar-refractivity contribution in [1.29, 1.82) is 0 Å². The minimum Gasteiger partial charge on any atom is -0.488 e. The van der Waals surface area contributed by atoms with Gasteiger partial charge in [0.25, 0.3) is 0 Å². The van der Waals surface area contributed by atoms with Crippen molar-refractivity contribution in [3.63, 3.8) is 0 Å². The highest BCUT2D eigenvalue weighted by Crippen LogP contribution is 2.30. The molecular formula is C15H17FN2O3. The van der Waals surface area contributed by atoms with Crippen molar-refractivity contribution in [2.24, 2.45) is 0 Å². The minimum atomic E-state index is -0.896. The highest BCUT2D eigenvalue weighted by Gasteiger charge is 2.40. The topological polar surface area (TPSA) is 58.6 Å². The maximum absolute atomic E-state index is 13.2. The lowest BCUT2D eigenvalue weighted by atomic mass is 10.00. The van der Waals surface area contributed by atoms with Gasteiger partial charge in [-0.05, 0) is 32.0 Å². The van der Waals surface area contributed by atoms with Crippen molar-refractivity contribution in [3.8, 4) is 5.75 Å². The third-order valence-electron chi connectivity index (χ3n) is 3.80. The number of amides is 2. The van der Waals surface area contributed by atoms with E-state index in [1.807, 2.05) is 0 Å². The van der Waals surface area contributed by atoms with Crippen molar-refractivity contribution in [2.75, 3.05) is 13.1 Å². The molecule has 1 N–H and O–H groups in total. The molecule has 6 heteroatoms. The molecule has 2 amide bonds. The maximum atomic E-state index is 13.2. The normalized spacial score (nSPS) is 23.6. The van der Waals surface area contributed by atoms with Crippen LogP contribution in [0.25, 0.3) is 0 Å². The van der Waals surface area contributed by atoms with Gasteiger partial charge in [0, 0.05) is 12.0 Å². The molecule has 0 bridgehead atoms. The van der Waals surface area contributed by atoms with Gasteiger partial charge >= 0.3 is 0 Å². The Hall–Kier alpha value is -2.11. The zero-order valence-corrected chi connectivity index (χ0v) is 12.0. The third kappa shape index (κ3) is 2.57. The van der Waals surface area contributed by atoms with E-state index in [1.54, 1.807) is 19.9 Å². The molecule has 1 fully saturated rings. The van der Waals surface area contributed by atoms with Crippen LogP contribution in [0.3, 0.4) is 0 Å². The number of fused-ring (bicyclic) bond motifs is 1. The van der Waals surface area contributed by atoms with Gasteiger partial charge in [0.15, 0.2) is 0 Å². The van der Waals surface area contributed by atoms with Crippen LogP contribution < -0.4 is 10.1 Å². The fraction of sp³-hybridized carbons (Fsp3) is 0.467. The minimum absolute atomic E-state index is 0.0346. The molecule has 1 saturated heterocycles. The lowest BCUT2D eigenvalue weighted by Crippen LogP contribution is -2.64. The van der Waals surface area contributed by atoms with Crippen LogP contribution in [0, 0.1) is 5.82 Å². The first-order chi connectivity index (χ1) is 9.85. The van der Waals surface area contributed by atoms with Crippen LogP contribution in [0.4, 0.5) is 4.39 Å². The van der Waals surface area contributed by atoms with Gasteiger partial charge in [-0.15, -0.1) is 0 Å². The molecule has 0 aliphatic carbocycles. The number of carbonyl (C=O) groups is 2. The molecule has 1 atom stereocenters. The average Bonchev–Trinajstić information content (AvgIpc) is 2.76. The van der Waals surface area contributed by atoms with Crippen LogP contribution in [0.5, 0.6) is 5.75 Å². The summed E-state index contributed by atoms with van der Waals surface area (Å²) in [5, 5.41) is 2.66. The number of ether oxygens (including phenoxy) is 1. The van der Waals surface area contributed by atoms with E-state index < -0.39 is 5.54 Å². The van der Waals surface area contributed by atoms with E-state index in [-0.39, 0.29) is 30.3 Å². The Bertz CT molecular complexity index is 615. The number of hydrogen-bond donors (Lipinski definition) is 1. The highest BCUT2D eigenvalue weighted by molar-refractivity contribution is 5.97. The van der Waals surface area contributed by atoms with Gasteiger partial charge in [0.1, 0.15) is 23.2 Å². The van der Waals surface area contributed by atoms with E-state index in [0.29, 0.717) is 18.7 Å². The second-order valence-electron chi connectivity index (χ2n) is 6.05. The van der Waals surface area contributed by atoms with Crippen molar-refractivity contribution in [2.45, 2.75) is 31.9 Å². The Morgan fingerprint density at radius 3 is 2.95 bits per heavy atom. The summed E-state index contributed by atoms with van der Waals surface area (Å²) in [6, 6.07) is 4.40. The number of hydrogen-bond acceptors (Lipinski definition) is 3. The van der Waals surface area contributed by atoms with Gasteiger partial charge in [-0.3, -0.25) is 9.59 Å². The Morgan fingerprint density at radius 2 is 2.19 bits per heavy atom. The number of nitrogens with zero attached hydrogens (tertiary/aromatic N) is 1. The standard InChI is InChI=1S/C15H17FN2O3/c1-15(2)14(20)18(8-13(19)17-15)7-11-6-9-5-10(16)3-4-12(9)21-11/h3-5,11H,6-8H2,1-2H3,(H,17,19). The molecule has 1 unspecified atom stereocenters. The molecule has 0 radical (unpaired) electrons. The van der Waals surface area contributed by atoms with Crippen LogP contribution in [-0.4, -0.2) is 41.4 Å². The lowest BCUT2D eigenvalue weighted by molar-refractivity contribution is -0.149. The lowest BCUT2D eigenvalue weighted by Gasteiger charge is -2.38. The molecule has 3 rings (SSSR count). The van der Waals surface area contributed by atoms with E-state index in [1.165, 1.54) is 17.0 Å². The molecule has 0 aromatic heterocycles. The molecule has 2 aliphatic rings. The fourth-order valence-corrected chi connectivity index (χ4v) is 2.87. The monoisotopic (exact) mass is 292 g/mol. The maximum Gasteiger partial charge on any atom is 0.248 e. The van der Waals surface area contributed by atoms with E-state index in [4.69, 9.17) is 4.74 Å². The summed E-state index contributed by atoms with van der Waals surface area (Å²) in [5.74, 6) is 0.0381. The van der Waals surface area contributed by atoms with Crippen molar-refractivity contribution in [1.82, 2.24) is 10.2 Å². The second kappa shape index (κ2) is 4.72. The molecule has 2 heterocycles. The number of rotatable bonds is 2. The van der Waals surface area contributed by atoms with Crippen LogP contribution in [0.2, 0.25) is 0 Å². The zero-order valence-electron chi connectivity index (χ0n) is 12.0. The van der Waals surface area contributed by atoms with Crippen LogP contribution in [0.15, 0.2) is 18.2 Å². The molecule has 0 saturated carbocycles. The summed E-state index contributed by atoms with van der Waals surface area (Å²) in [6.45, 7) is 3.72. The van der Waals surface area contributed by atoms with Crippen LogP contribution in [0.1, 0.15) is 19.4 Å². The highest BCUT2D eigenvalue weighted by atomic mass is 19.1. The van der Waals surface area contributed by atoms with Gasteiger partial charge in [0.05, 0.1) is 13.1 Å². The first-order valence-corrected chi connectivity index (χ1v) is 6.90. The predicted octanol–water partition coefficient (Wildman–Crippen LogP) is 0.866. The van der Waals surface area contributed by atoms with E-state index >= 15 is 0 Å². The smallest absolute Gasteiger partial charge is 0.248 e. The first-order valence-electron chi connectivity index (χ1n) is 6.90. The van der Waals surface area contributed by atoms with Gasteiger partial charge in [-0.25, -0.2) is 4.39 Å². The number of nitrogens with one attached hydrogen (secondary N) is 1. The predicted molar refractivity (Wildman–Crippen MR) is 73.3 cm³/mol. The molecule has 21 heavy (non-hydrogen) atoms. The first kappa shape index (κ1) is 13.9. The van der Waals surface area contributed by atoms with E-state index in [9.17, 15) is 14.0 Å². The van der Waals surface area contributed by atoms with Gasteiger partial charge in [0.2, 0.25) is 11.8 Å². The Balaban J connectivity index is 1.71. The zero-order chi connectivity index (χ0) is 15.2. The summed E-state index contributed by atoms with van der Waals surface area (Å²) >= 11 is 0. The molecule has 0 spiro atoms. The Morgan fingerprint density at radius 1 is 1.43 bits per heavy atom. The molecule has 112 valence electrons. The van der Waals surface area contributed by atoms with Gasteiger partial charge in [-0.2, -0.15) is 0 Å². The summed E-state index contributed by atoms with van der Waals surface area (Å²) < 4.78 is 18.9. The van der Waals surface area contributed by atoms with Crippen LogP contribution >= 0.6 is 0 Å². The quantitative estimate of drug-likeness (QED) is 0.880. The molecule has 1 aromatic carbocycles. The number of benzene rings is 1. The van der Waals surface area contributed by atoms with Crippen molar-refractivity contribution < 1.29 is 18.7 Å². The summed E-state index contributed by atoms with van der Waals surface area (Å²) in [5.41, 5.74) is -0.0967. The number of carbonyl (C=O) groups excluding carboxylic acids is 2. The largest absolute Gasteiger partial charge is 0.488 e. The van der Waals surface area contributed by atoms with Gasteiger partial charge < -0.3 is 15.0 Å². The molecule has 1 aromatic rings.